The van der Waals surface area contributed by atoms with Crippen molar-refractivity contribution in [3.63, 3.8) is 0 Å². The Bertz CT molecular complexity index is 1730. The Labute approximate surface area is 297 Å². The highest BCUT2D eigenvalue weighted by Gasteiger charge is 2.39. The molecule has 5 rings (SSSR count). The van der Waals surface area contributed by atoms with E-state index in [0.29, 0.717) is 11.3 Å². The van der Waals surface area contributed by atoms with E-state index in [1.807, 2.05) is 44.2 Å². The van der Waals surface area contributed by atoms with Crippen LogP contribution in [0.4, 0.5) is 0 Å². The summed E-state index contributed by atoms with van der Waals surface area (Å²) in [4.78, 5) is 74.7. The first kappa shape index (κ1) is 37.3. The maximum absolute atomic E-state index is 14.1. The van der Waals surface area contributed by atoms with Crippen molar-refractivity contribution in [1.82, 2.24) is 30.7 Å². The van der Waals surface area contributed by atoms with Crippen LogP contribution in [0, 0.1) is 5.92 Å². The molecule has 2 bridgehead atoms. The number of likely N-dealkylation sites (N-methyl/N-ethyl adjacent to an activating group) is 1. The van der Waals surface area contributed by atoms with E-state index in [9.17, 15) is 29.1 Å². The van der Waals surface area contributed by atoms with Gasteiger partial charge in [0, 0.05) is 31.0 Å². The first-order chi connectivity index (χ1) is 24.3. The number of carbonyl (C=O) groups is 5. The van der Waals surface area contributed by atoms with E-state index in [1.165, 1.54) is 16.8 Å². The van der Waals surface area contributed by atoms with Gasteiger partial charge in [-0.25, -0.2) is 0 Å². The summed E-state index contributed by atoms with van der Waals surface area (Å²) < 4.78 is 11.3. The van der Waals surface area contributed by atoms with Gasteiger partial charge in [-0.1, -0.05) is 44.2 Å². The fourth-order valence-corrected chi connectivity index (χ4v) is 6.51. The molecule has 5 N–H and O–H groups in total. The number of methoxy groups -OCH3 is 1. The molecule has 0 radical (unpaired) electrons. The predicted molar refractivity (Wildman–Crippen MR) is 189 cm³/mol. The molecule has 0 aliphatic carbocycles. The minimum Gasteiger partial charge on any atom is -0.497 e. The second-order valence-electron chi connectivity index (χ2n) is 13.8. The maximum Gasteiger partial charge on any atom is 0.270 e. The van der Waals surface area contributed by atoms with E-state index in [1.54, 1.807) is 38.3 Å². The number of aromatic amines is 1. The molecule has 0 spiro atoms. The number of aliphatic hydroxyl groups excluding tert-OH is 1. The van der Waals surface area contributed by atoms with Crippen LogP contribution in [0.25, 0.3) is 10.9 Å². The largest absolute Gasteiger partial charge is 0.497 e. The lowest BCUT2D eigenvalue weighted by Crippen LogP contribution is -2.60. The van der Waals surface area contributed by atoms with Crippen LogP contribution in [0.15, 0.2) is 54.6 Å². The third kappa shape index (κ3) is 9.05. The van der Waals surface area contributed by atoms with Crippen LogP contribution in [-0.4, -0.2) is 120 Å². The van der Waals surface area contributed by atoms with E-state index in [-0.39, 0.29) is 44.0 Å². The third-order valence-electron chi connectivity index (χ3n) is 9.53. The van der Waals surface area contributed by atoms with Crippen molar-refractivity contribution in [2.24, 2.45) is 5.92 Å². The topological polar surface area (TPSA) is 182 Å². The van der Waals surface area contributed by atoms with Crippen LogP contribution in [0.1, 0.15) is 49.7 Å². The van der Waals surface area contributed by atoms with Crippen molar-refractivity contribution in [3.05, 3.63) is 65.9 Å². The third-order valence-corrected chi connectivity index (χ3v) is 9.53. The fraction of sp³-hybridized carbons (Fsp3) is 0.486. The molecule has 3 aromatic rings. The zero-order chi connectivity index (χ0) is 36.8. The molecule has 2 fully saturated rings. The van der Waals surface area contributed by atoms with Crippen LogP contribution in [-0.2, 0) is 30.3 Å². The van der Waals surface area contributed by atoms with Crippen LogP contribution in [0.5, 0.6) is 5.75 Å². The molecule has 5 amide bonds. The molecular formula is C37H48N6O8. The lowest BCUT2D eigenvalue weighted by atomic mass is 9.97. The van der Waals surface area contributed by atoms with Crippen molar-refractivity contribution < 1.29 is 38.6 Å². The molecule has 51 heavy (non-hydrogen) atoms. The lowest BCUT2D eigenvalue weighted by molar-refractivity contribution is -0.142. The molecule has 2 aliphatic heterocycles. The molecule has 14 heteroatoms. The number of benzene rings is 2. The number of aliphatic hydroxyl groups is 1. The van der Waals surface area contributed by atoms with Gasteiger partial charge in [0.2, 0.25) is 23.6 Å². The molecule has 2 aromatic carbocycles. The minimum atomic E-state index is -1.25. The number of hydrogen-bond donors (Lipinski definition) is 5. The van der Waals surface area contributed by atoms with E-state index >= 15 is 0 Å². The Morgan fingerprint density at radius 2 is 1.75 bits per heavy atom. The van der Waals surface area contributed by atoms with Crippen LogP contribution in [0.3, 0.4) is 0 Å². The summed E-state index contributed by atoms with van der Waals surface area (Å²) in [6.45, 7) is 4.88. The summed E-state index contributed by atoms with van der Waals surface area (Å²) in [5.41, 5.74) is 1.68. The molecule has 2 aliphatic rings. The fourth-order valence-electron chi connectivity index (χ4n) is 6.51. The van der Waals surface area contributed by atoms with Gasteiger partial charge in [-0.15, -0.1) is 0 Å². The van der Waals surface area contributed by atoms with Gasteiger partial charge in [-0.05, 0) is 55.5 Å². The number of ether oxygens (including phenoxy) is 2. The van der Waals surface area contributed by atoms with Crippen molar-refractivity contribution in [1.29, 1.82) is 0 Å². The van der Waals surface area contributed by atoms with Gasteiger partial charge >= 0.3 is 0 Å². The number of aromatic nitrogens is 1. The summed E-state index contributed by atoms with van der Waals surface area (Å²) in [6, 6.07) is 12.4. The van der Waals surface area contributed by atoms with Gasteiger partial charge in [0.1, 0.15) is 48.3 Å². The number of amides is 5. The van der Waals surface area contributed by atoms with Crippen molar-refractivity contribution in [2.45, 2.75) is 76.4 Å². The summed E-state index contributed by atoms with van der Waals surface area (Å²) in [6.07, 6.45) is -1.51. The zero-order valence-electron chi connectivity index (χ0n) is 29.7. The van der Waals surface area contributed by atoms with Crippen molar-refractivity contribution >= 4 is 40.4 Å². The Balaban J connectivity index is 1.50. The molecular weight excluding hydrogens is 656 g/mol. The number of rotatable bonds is 6. The highest BCUT2D eigenvalue weighted by Crippen LogP contribution is 2.24. The quantitative estimate of drug-likeness (QED) is 0.255. The molecule has 274 valence electrons. The second-order valence-corrected chi connectivity index (χ2v) is 13.8. The average molecular weight is 705 g/mol. The number of nitrogens with zero attached hydrogens (tertiary/aromatic N) is 2. The van der Waals surface area contributed by atoms with Crippen LogP contribution < -0.4 is 20.7 Å². The Morgan fingerprint density at radius 1 is 1.00 bits per heavy atom. The lowest BCUT2D eigenvalue weighted by Gasteiger charge is -2.38. The Morgan fingerprint density at radius 3 is 2.45 bits per heavy atom. The van der Waals surface area contributed by atoms with Crippen molar-refractivity contribution in [3.8, 4) is 5.75 Å². The molecule has 3 heterocycles. The predicted octanol–water partition coefficient (Wildman–Crippen LogP) is 1.37. The summed E-state index contributed by atoms with van der Waals surface area (Å²) in [7, 11) is 3.02. The van der Waals surface area contributed by atoms with E-state index in [2.05, 4.69) is 20.9 Å². The molecule has 1 aromatic heterocycles. The second kappa shape index (κ2) is 16.4. The molecule has 0 saturated carbocycles. The van der Waals surface area contributed by atoms with Gasteiger partial charge < -0.3 is 45.3 Å². The number of carbonyl (C=O) groups excluding carboxylic acids is 5. The molecule has 14 nitrogen and oxygen atoms in total. The highest BCUT2D eigenvalue weighted by atomic mass is 16.5. The summed E-state index contributed by atoms with van der Waals surface area (Å²) in [5.74, 6) is -2.10. The summed E-state index contributed by atoms with van der Waals surface area (Å²) >= 11 is 0. The maximum atomic E-state index is 14.1. The monoisotopic (exact) mass is 704 g/mol. The van der Waals surface area contributed by atoms with Crippen LogP contribution in [0.2, 0.25) is 0 Å². The Hall–Kier alpha value is -4.95. The number of fused-ring (bicyclic) bond motifs is 3. The van der Waals surface area contributed by atoms with Gasteiger partial charge in [0.25, 0.3) is 5.91 Å². The van der Waals surface area contributed by atoms with Gasteiger partial charge in [-0.2, -0.15) is 0 Å². The average Bonchev–Trinajstić information content (AvgIpc) is 3.54. The number of hydrogen-bond acceptors (Lipinski definition) is 8. The van der Waals surface area contributed by atoms with Gasteiger partial charge in [0.15, 0.2) is 0 Å². The first-order valence-corrected chi connectivity index (χ1v) is 17.3. The summed E-state index contributed by atoms with van der Waals surface area (Å²) in [5, 5.41) is 20.7. The highest BCUT2D eigenvalue weighted by molar-refractivity contribution is 6.00. The van der Waals surface area contributed by atoms with Gasteiger partial charge in [0.05, 0.1) is 19.7 Å². The number of H-pyrrole nitrogens is 1. The van der Waals surface area contributed by atoms with Crippen molar-refractivity contribution in [2.75, 3.05) is 33.9 Å². The SMILES string of the molecule is COc1ccc2[nH]c(C(=O)N3CC(=O)N[C@H](CC(C)C)C(=O)N(C)[C@@H](C)C(=O)N[C@@H](Cc4ccccc4)C(=O)N[C@H]4CCO[C@H](C3)[C@H]4O)cc2c1. The standard InChI is InChI=1S/C37H48N6O8/c1-21(2)15-29-36(48)42(4)22(3)34(46)41-28(16-23-9-7-6-8-10-23)35(47)40-27-13-14-51-31(33(27)45)19-43(20-32(44)39-29)37(49)30-18-24-17-25(50-5)11-12-26(24)38-30/h6-12,17-18,21-22,27-29,31,33,38,45H,13-16,19-20H2,1-5H3,(H,39,44)(H,40,47)(H,41,46)/t22-,27-,28-,29+,31+,33-/m0/s1. The first-order valence-electron chi connectivity index (χ1n) is 17.3. The number of nitrogens with one attached hydrogen (secondary N) is 4. The Kier molecular flexibility index (Phi) is 12.0. The molecule has 6 atom stereocenters. The normalized spacial score (nSPS) is 25.6. The van der Waals surface area contributed by atoms with Gasteiger partial charge in [-0.3, -0.25) is 24.0 Å². The molecule has 0 unspecified atom stereocenters. The smallest absolute Gasteiger partial charge is 0.270 e. The van der Waals surface area contributed by atoms with E-state index < -0.39 is 72.5 Å². The molecule has 2 saturated heterocycles. The van der Waals surface area contributed by atoms with Crippen LogP contribution >= 0.6 is 0 Å². The van der Waals surface area contributed by atoms with E-state index in [4.69, 9.17) is 9.47 Å². The zero-order valence-corrected chi connectivity index (χ0v) is 29.7. The minimum absolute atomic E-state index is 0.00589. The van der Waals surface area contributed by atoms with E-state index in [0.717, 1.165) is 10.9 Å².